The summed E-state index contributed by atoms with van der Waals surface area (Å²) in [5, 5.41) is -0.331. The molecule has 0 fully saturated rings. The van der Waals surface area contributed by atoms with Crippen molar-refractivity contribution in [1.29, 1.82) is 0 Å². The molecule has 2 aromatic heterocycles. The maximum atomic E-state index is 11.9. The number of alkyl halides is 1. The molecular formula is C14H12BrClN2O2. The van der Waals surface area contributed by atoms with Gasteiger partial charge in [-0.1, -0.05) is 6.07 Å². The summed E-state index contributed by atoms with van der Waals surface area (Å²) in [5.74, 6) is 0. The van der Waals surface area contributed by atoms with Gasteiger partial charge in [-0.2, -0.15) is 0 Å². The van der Waals surface area contributed by atoms with E-state index in [0.717, 1.165) is 22.2 Å². The van der Waals surface area contributed by atoms with Gasteiger partial charge in [0.25, 0.3) is 0 Å². The van der Waals surface area contributed by atoms with Gasteiger partial charge in [0.2, 0.25) is 0 Å². The predicted octanol–water partition coefficient (Wildman–Crippen LogP) is 3.56. The van der Waals surface area contributed by atoms with Crippen molar-refractivity contribution in [1.82, 2.24) is 9.13 Å². The highest BCUT2D eigenvalue weighted by molar-refractivity contribution is 9.10. The molecule has 1 aromatic carbocycles. The van der Waals surface area contributed by atoms with Crippen LogP contribution in [-0.2, 0) is 14.1 Å². The fraction of sp³-hybridized carbons (Fsp3) is 0.214. The first kappa shape index (κ1) is 13.5. The molecule has 0 saturated heterocycles. The molecule has 0 radical (unpaired) electrons. The predicted molar refractivity (Wildman–Crippen MR) is 82.3 cm³/mol. The molecule has 0 saturated carbocycles. The van der Waals surface area contributed by atoms with Crippen LogP contribution in [0.25, 0.3) is 11.0 Å². The highest BCUT2D eigenvalue weighted by atomic mass is 79.9. The third-order valence-electron chi connectivity index (χ3n) is 3.51. The van der Waals surface area contributed by atoms with E-state index in [1.54, 1.807) is 29.5 Å². The molecule has 1 unspecified atom stereocenters. The molecule has 20 heavy (non-hydrogen) atoms. The minimum Gasteiger partial charge on any atom is -0.457 e. The van der Waals surface area contributed by atoms with Crippen molar-refractivity contribution in [3.63, 3.8) is 0 Å². The number of hydrogen-bond acceptors (Lipinski definition) is 2. The van der Waals surface area contributed by atoms with Gasteiger partial charge in [0.15, 0.2) is 4.67 Å². The van der Waals surface area contributed by atoms with E-state index in [-0.39, 0.29) is 11.1 Å². The van der Waals surface area contributed by atoms with E-state index in [0.29, 0.717) is 4.67 Å². The summed E-state index contributed by atoms with van der Waals surface area (Å²) in [6.07, 6.45) is 1.59. The van der Waals surface area contributed by atoms with E-state index < -0.39 is 0 Å². The van der Waals surface area contributed by atoms with Crippen molar-refractivity contribution in [2.45, 2.75) is 5.38 Å². The topological polar surface area (TPSA) is 40.1 Å². The summed E-state index contributed by atoms with van der Waals surface area (Å²) >= 11 is 9.83. The average Bonchev–Trinajstić information content (AvgIpc) is 2.97. The number of furan rings is 1. The molecule has 0 N–H and O–H groups in total. The molecule has 6 heteroatoms. The maximum absolute atomic E-state index is 11.9. The van der Waals surface area contributed by atoms with Crippen LogP contribution in [0.4, 0.5) is 0 Å². The molecule has 0 aliphatic carbocycles. The lowest BCUT2D eigenvalue weighted by molar-refractivity contribution is 0.537. The molecule has 1 atom stereocenters. The van der Waals surface area contributed by atoms with Crippen LogP contribution in [-0.4, -0.2) is 9.13 Å². The molecular weight excluding hydrogens is 344 g/mol. The smallest absolute Gasteiger partial charge is 0.328 e. The second-order valence-corrected chi connectivity index (χ2v) is 5.82. The van der Waals surface area contributed by atoms with E-state index in [2.05, 4.69) is 15.9 Å². The Morgan fingerprint density at radius 3 is 2.55 bits per heavy atom. The summed E-state index contributed by atoms with van der Waals surface area (Å²) in [7, 11) is 3.51. The zero-order valence-electron chi connectivity index (χ0n) is 10.9. The lowest BCUT2D eigenvalue weighted by atomic mass is 10.1. The minimum absolute atomic E-state index is 0.0484. The van der Waals surface area contributed by atoms with E-state index in [1.165, 1.54) is 0 Å². The van der Waals surface area contributed by atoms with E-state index in [1.807, 2.05) is 24.3 Å². The summed E-state index contributed by atoms with van der Waals surface area (Å²) in [6.45, 7) is 0. The van der Waals surface area contributed by atoms with Crippen LogP contribution in [0, 0.1) is 0 Å². The van der Waals surface area contributed by atoms with Crippen LogP contribution >= 0.6 is 27.5 Å². The van der Waals surface area contributed by atoms with Crippen LogP contribution in [0.1, 0.15) is 16.5 Å². The Balaban J connectivity index is 2.17. The number of halogens is 2. The second-order valence-electron chi connectivity index (χ2n) is 4.66. The van der Waals surface area contributed by atoms with Crippen molar-refractivity contribution in [2.24, 2.45) is 14.1 Å². The van der Waals surface area contributed by atoms with Crippen LogP contribution in [0.5, 0.6) is 0 Å². The Kier molecular flexibility index (Phi) is 3.26. The number of fused-ring (bicyclic) bond motifs is 1. The minimum atomic E-state index is -0.331. The zero-order chi connectivity index (χ0) is 14.4. The third kappa shape index (κ3) is 1.93. The highest BCUT2D eigenvalue weighted by Crippen LogP contribution is 2.35. The second kappa shape index (κ2) is 4.82. The summed E-state index contributed by atoms with van der Waals surface area (Å²) in [4.78, 5) is 11.9. The molecule has 0 amide bonds. The summed E-state index contributed by atoms with van der Waals surface area (Å²) in [6, 6.07) is 7.61. The molecule has 0 spiro atoms. The molecule has 2 heterocycles. The fourth-order valence-corrected chi connectivity index (χ4v) is 3.25. The standard InChI is InChI=1S/C14H12BrClN2O2/c1-17-10-4-3-8(7-11(10)18(2)14(17)19)12(16)9-5-6-20-13(9)15/h3-7,12H,1-2H3. The van der Waals surface area contributed by atoms with Gasteiger partial charge in [-0.25, -0.2) is 4.79 Å². The Bertz CT molecular complexity index is 847. The highest BCUT2D eigenvalue weighted by Gasteiger charge is 2.18. The molecule has 104 valence electrons. The lowest BCUT2D eigenvalue weighted by Gasteiger charge is -2.09. The number of nitrogens with zero attached hydrogens (tertiary/aromatic N) is 2. The van der Waals surface area contributed by atoms with Gasteiger partial charge in [-0.3, -0.25) is 9.13 Å². The van der Waals surface area contributed by atoms with Crippen LogP contribution < -0.4 is 5.69 Å². The Hall–Kier alpha value is -1.46. The molecule has 4 nitrogen and oxygen atoms in total. The first-order valence-electron chi connectivity index (χ1n) is 6.03. The number of rotatable bonds is 2. The van der Waals surface area contributed by atoms with Gasteiger partial charge in [-0.15, -0.1) is 11.6 Å². The maximum Gasteiger partial charge on any atom is 0.328 e. The third-order valence-corrected chi connectivity index (χ3v) is 4.64. The summed E-state index contributed by atoms with van der Waals surface area (Å²) in [5.41, 5.74) is 3.49. The number of hydrogen-bond donors (Lipinski definition) is 0. The first-order chi connectivity index (χ1) is 9.50. The van der Waals surface area contributed by atoms with Crippen molar-refractivity contribution >= 4 is 38.6 Å². The lowest BCUT2D eigenvalue weighted by Crippen LogP contribution is -2.19. The Morgan fingerprint density at radius 2 is 1.90 bits per heavy atom. The van der Waals surface area contributed by atoms with Crippen molar-refractivity contribution in [2.75, 3.05) is 0 Å². The normalized spacial score (nSPS) is 13.0. The molecule has 3 rings (SSSR count). The average molecular weight is 356 g/mol. The summed E-state index contributed by atoms with van der Waals surface area (Å²) < 4.78 is 9.08. The zero-order valence-corrected chi connectivity index (χ0v) is 13.3. The van der Waals surface area contributed by atoms with Crippen molar-refractivity contribution in [3.8, 4) is 0 Å². The van der Waals surface area contributed by atoms with E-state index in [4.69, 9.17) is 16.0 Å². The van der Waals surface area contributed by atoms with Crippen LogP contribution in [0.2, 0.25) is 0 Å². The molecule has 3 aromatic rings. The van der Waals surface area contributed by atoms with Gasteiger partial charge in [-0.05, 0) is 39.7 Å². The van der Waals surface area contributed by atoms with Crippen molar-refractivity contribution < 1.29 is 4.42 Å². The van der Waals surface area contributed by atoms with Crippen LogP contribution in [0.15, 0.2) is 44.4 Å². The largest absolute Gasteiger partial charge is 0.457 e. The fourth-order valence-electron chi connectivity index (χ4n) is 2.35. The Labute approximate surface area is 128 Å². The van der Waals surface area contributed by atoms with Gasteiger partial charge in [0.1, 0.15) is 0 Å². The van der Waals surface area contributed by atoms with Gasteiger partial charge >= 0.3 is 5.69 Å². The number of benzene rings is 1. The molecule has 0 bridgehead atoms. The van der Waals surface area contributed by atoms with Crippen molar-refractivity contribution in [3.05, 3.63) is 56.8 Å². The SMILES string of the molecule is Cn1c(=O)n(C)c2cc(C(Cl)c3ccoc3Br)ccc21. The van der Waals surface area contributed by atoms with E-state index in [9.17, 15) is 4.79 Å². The molecule has 0 aliphatic rings. The quantitative estimate of drug-likeness (QED) is 0.659. The monoisotopic (exact) mass is 354 g/mol. The first-order valence-corrected chi connectivity index (χ1v) is 7.26. The van der Waals surface area contributed by atoms with Gasteiger partial charge in [0.05, 0.1) is 22.7 Å². The molecule has 0 aliphatic heterocycles. The van der Waals surface area contributed by atoms with Gasteiger partial charge in [0, 0.05) is 19.7 Å². The van der Waals surface area contributed by atoms with Gasteiger partial charge < -0.3 is 4.42 Å². The van der Waals surface area contributed by atoms with Crippen LogP contribution in [0.3, 0.4) is 0 Å². The number of aromatic nitrogens is 2. The van der Waals surface area contributed by atoms with E-state index >= 15 is 0 Å². The number of imidazole rings is 1. The Morgan fingerprint density at radius 1 is 1.20 bits per heavy atom. The number of aryl methyl sites for hydroxylation is 2.